The summed E-state index contributed by atoms with van der Waals surface area (Å²) in [7, 11) is 1.59. The predicted molar refractivity (Wildman–Crippen MR) is 110 cm³/mol. The third kappa shape index (κ3) is 4.38. The molecule has 0 radical (unpaired) electrons. The molecule has 3 rings (SSSR count). The minimum absolute atomic E-state index is 0.262. The van der Waals surface area contributed by atoms with Gasteiger partial charge < -0.3 is 9.47 Å². The summed E-state index contributed by atoms with van der Waals surface area (Å²) in [5, 5.41) is 0. The third-order valence-electron chi connectivity index (χ3n) is 4.17. The fourth-order valence-electron chi connectivity index (χ4n) is 2.58. The molecule has 138 valence electrons. The Morgan fingerprint density at radius 3 is 2.15 bits per heavy atom. The van der Waals surface area contributed by atoms with Crippen LogP contribution in [0.1, 0.15) is 42.0 Å². The number of ether oxygens (including phenoxy) is 2. The van der Waals surface area contributed by atoms with Crippen LogP contribution >= 0.6 is 23.5 Å². The first kappa shape index (κ1) is 19.2. The number of benzene rings is 2. The Morgan fingerprint density at radius 1 is 1.00 bits per heavy atom. The molecule has 2 aromatic carbocycles. The number of carbonyl (C=O) groups excluding carboxylic acids is 1. The number of methoxy groups -OCH3 is 1. The van der Waals surface area contributed by atoms with E-state index in [4.69, 9.17) is 9.47 Å². The summed E-state index contributed by atoms with van der Waals surface area (Å²) in [6, 6.07) is 14.5. The monoisotopic (exact) mass is 388 g/mol. The summed E-state index contributed by atoms with van der Waals surface area (Å²) in [5.74, 6) is 2.78. The Labute approximate surface area is 163 Å². The lowest BCUT2D eigenvalue weighted by Crippen LogP contribution is -2.25. The van der Waals surface area contributed by atoms with Crippen LogP contribution in [-0.4, -0.2) is 13.1 Å². The number of hydrogen-bond acceptors (Lipinski definition) is 5. The Kier molecular flexibility index (Phi) is 5.88. The summed E-state index contributed by atoms with van der Waals surface area (Å²) in [4.78, 5) is 12.3. The van der Waals surface area contributed by atoms with Crippen LogP contribution in [0, 0.1) is 5.41 Å². The highest BCUT2D eigenvalue weighted by Crippen LogP contribution is 2.47. The Bertz CT molecular complexity index is 769. The van der Waals surface area contributed by atoms with Crippen molar-refractivity contribution in [1.29, 1.82) is 0 Å². The van der Waals surface area contributed by atoms with E-state index in [2.05, 4.69) is 30.3 Å². The van der Waals surface area contributed by atoms with Crippen LogP contribution in [0.4, 0.5) is 0 Å². The van der Waals surface area contributed by atoms with Crippen LogP contribution in [-0.2, 0) is 16.3 Å². The van der Waals surface area contributed by atoms with E-state index in [-0.39, 0.29) is 5.97 Å². The lowest BCUT2D eigenvalue weighted by atomic mass is 9.97. The molecule has 0 N–H and O–H groups in total. The van der Waals surface area contributed by atoms with Gasteiger partial charge in [0.2, 0.25) is 0 Å². The van der Waals surface area contributed by atoms with Crippen LogP contribution in [0.2, 0.25) is 0 Å². The Balaban J connectivity index is 1.83. The summed E-state index contributed by atoms with van der Waals surface area (Å²) in [5.41, 5.74) is 3.39. The molecular weight excluding hydrogens is 364 g/mol. The molecule has 0 saturated carbocycles. The minimum Gasteiger partial charge on any atom is -0.493 e. The van der Waals surface area contributed by atoms with Gasteiger partial charge in [0.15, 0.2) is 11.5 Å². The second kappa shape index (κ2) is 7.97. The van der Waals surface area contributed by atoms with E-state index < -0.39 is 5.41 Å². The number of hydrogen-bond donors (Lipinski definition) is 0. The molecule has 3 nitrogen and oxygen atoms in total. The van der Waals surface area contributed by atoms with Crippen LogP contribution in [0.25, 0.3) is 0 Å². The summed E-state index contributed by atoms with van der Waals surface area (Å²) >= 11 is 3.82. The molecular formula is C21H24O3S2. The molecule has 0 unspecified atom stereocenters. The van der Waals surface area contributed by atoms with Crippen molar-refractivity contribution in [3.8, 4) is 11.5 Å². The van der Waals surface area contributed by atoms with E-state index in [1.165, 1.54) is 11.1 Å². The van der Waals surface area contributed by atoms with Gasteiger partial charge in [0.25, 0.3) is 0 Å². The van der Waals surface area contributed by atoms with Crippen LogP contribution in [0.3, 0.4) is 0 Å². The first-order valence-electron chi connectivity index (χ1n) is 8.58. The largest absolute Gasteiger partial charge is 0.493 e. The number of esters is 1. The smallest absolute Gasteiger partial charge is 0.316 e. The van der Waals surface area contributed by atoms with E-state index in [0.717, 1.165) is 17.1 Å². The van der Waals surface area contributed by atoms with Gasteiger partial charge in [-0.3, -0.25) is 4.79 Å². The topological polar surface area (TPSA) is 35.5 Å². The molecule has 0 saturated heterocycles. The van der Waals surface area contributed by atoms with Gasteiger partial charge in [-0.1, -0.05) is 30.3 Å². The molecule has 0 atom stereocenters. The fourth-order valence-corrected chi connectivity index (χ4v) is 5.28. The number of thioether (sulfide) groups is 2. The van der Waals surface area contributed by atoms with Crippen LogP contribution < -0.4 is 9.47 Å². The van der Waals surface area contributed by atoms with Crippen molar-refractivity contribution in [3.63, 3.8) is 0 Å². The van der Waals surface area contributed by atoms with Gasteiger partial charge in [0.1, 0.15) is 0 Å². The summed E-state index contributed by atoms with van der Waals surface area (Å²) in [6.45, 7) is 5.54. The average Bonchev–Trinajstić information content (AvgIpc) is 2.83. The van der Waals surface area contributed by atoms with Crippen molar-refractivity contribution in [1.82, 2.24) is 0 Å². The fraction of sp³-hybridized carbons (Fsp3) is 0.381. The van der Waals surface area contributed by atoms with E-state index in [1.54, 1.807) is 7.11 Å². The van der Waals surface area contributed by atoms with Gasteiger partial charge in [-0.15, -0.1) is 23.5 Å². The molecule has 1 heterocycles. The highest BCUT2D eigenvalue weighted by Gasteiger charge is 2.26. The summed E-state index contributed by atoms with van der Waals surface area (Å²) < 4.78 is 11.3. The Hall–Kier alpha value is -1.59. The number of rotatable bonds is 3. The molecule has 0 aromatic heterocycles. The highest BCUT2D eigenvalue weighted by molar-refractivity contribution is 8.15. The quantitative estimate of drug-likeness (QED) is 0.489. The van der Waals surface area contributed by atoms with Crippen LogP contribution in [0.15, 0.2) is 42.5 Å². The second-order valence-electron chi connectivity index (χ2n) is 7.27. The molecule has 1 aliphatic rings. The maximum atomic E-state index is 12.3. The number of carbonyl (C=O) groups is 1. The molecule has 5 heteroatoms. The molecule has 0 amide bonds. The molecule has 0 aliphatic carbocycles. The van der Waals surface area contributed by atoms with Crippen LogP contribution in [0.5, 0.6) is 11.5 Å². The van der Waals surface area contributed by atoms with Crippen molar-refractivity contribution in [2.45, 2.75) is 36.9 Å². The van der Waals surface area contributed by atoms with Gasteiger partial charge in [0, 0.05) is 11.5 Å². The molecule has 26 heavy (non-hydrogen) atoms. The predicted octanol–water partition coefficient (Wildman–Crippen LogP) is 5.83. The van der Waals surface area contributed by atoms with Crippen molar-refractivity contribution in [3.05, 3.63) is 59.2 Å². The van der Waals surface area contributed by atoms with Gasteiger partial charge in [-0.25, -0.2) is 0 Å². The zero-order chi connectivity index (χ0) is 18.7. The second-order valence-corrected chi connectivity index (χ2v) is 9.76. The molecule has 0 fully saturated rings. The maximum absolute atomic E-state index is 12.3. The van der Waals surface area contributed by atoms with E-state index >= 15 is 0 Å². The van der Waals surface area contributed by atoms with Gasteiger partial charge in [0.05, 0.1) is 17.1 Å². The molecule has 0 bridgehead atoms. The summed E-state index contributed by atoms with van der Waals surface area (Å²) in [6.07, 6.45) is 0. The molecule has 1 aliphatic heterocycles. The third-order valence-corrected chi connectivity index (χ3v) is 7.10. The van der Waals surface area contributed by atoms with E-state index in [0.29, 0.717) is 16.1 Å². The van der Waals surface area contributed by atoms with E-state index in [9.17, 15) is 4.79 Å². The molecule has 2 aromatic rings. The minimum atomic E-state index is -0.561. The lowest BCUT2D eigenvalue weighted by molar-refractivity contribution is -0.143. The van der Waals surface area contributed by atoms with E-state index in [1.807, 2.05) is 56.4 Å². The standard InChI is InChI=1S/C21H24O3S2/c1-21(2,3)20(22)24-18-11-14(9-10-17(18)23-4)19-25-12-15-7-5-6-8-16(15)13-26-19/h5-11,19H,12-13H2,1-4H3. The zero-order valence-electron chi connectivity index (χ0n) is 15.6. The van der Waals surface area contributed by atoms with Crippen molar-refractivity contribution >= 4 is 29.5 Å². The first-order valence-corrected chi connectivity index (χ1v) is 10.7. The van der Waals surface area contributed by atoms with Gasteiger partial charge in [-0.2, -0.15) is 0 Å². The normalized spacial score (nSPS) is 15.1. The Morgan fingerprint density at radius 2 is 1.62 bits per heavy atom. The van der Waals surface area contributed by atoms with Crippen molar-refractivity contribution in [2.75, 3.05) is 7.11 Å². The van der Waals surface area contributed by atoms with Gasteiger partial charge in [-0.05, 0) is 49.6 Å². The number of fused-ring (bicyclic) bond motifs is 1. The van der Waals surface area contributed by atoms with Gasteiger partial charge >= 0.3 is 5.97 Å². The zero-order valence-corrected chi connectivity index (χ0v) is 17.2. The average molecular weight is 389 g/mol. The highest BCUT2D eigenvalue weighted by atomic mass is 32.2. The lowest BCUT2D eigenvalue weighted by Gasteiger charge is -2.20. The SMILES string of the molecule is COc1ccc(C2SCc3ccccc3CS2)cc1OC(=O)C(C)(C)C. The molecule has 0 spiro atoms. The first-order chi connectivity index (χ1) is 12.4. The van der Waals surface area contributed by atoms with Crippen molar-refractivity contribution in [2.24, 2.45) is 5.41 Å². The van der Waals surface area contributed by atoms with Crippen molar-refractivity contribution < 1.29 is 14.3 Å². The maximum Gasteiger partial charge on any atom is 0.316 e.